The Morgan fingerprint density at radius 3 is 2.47 bits per heavy atom. The second-order valence-corrected chi connectivity index (χ2v) is 9.97. The number of carbonyl (C=O) groups excluding carboxylic acids is 1. The van der Waals surface area contributed by atoms with Crippen molar-refractivity contribution < 1.29 is 14.3 Å². The first kappa shape index (κ1) is 22.7. The van der Waals surface area contributed by atoms with Gasteiger partial charge < -0.3 is 14.4 Å². The van der Waals surface area contributed by atoms with Crippen LogP contribution in [0, 0.1) is 5.92 Å². The number of esters is 1. The summed E-state index contributed by atoms with van der Waals surface area (Å²) in [5, 5.41) is 0. The van der Waals surface area contributed by atoms with Gasteiger partial charge in [-0.05, 0) is 76.4 Å². The van der Waals surface area contributed by atoms with Gasteiger partial charge in [-0.25, -0.2) is 4.79 Å². The third kappa shape index (κ3) is 5.67. The second kappa shape index (κ2) is 9.59. The van der Waals surface area contributed by atoms with Gasteiger partial charge in [0.15, 0.2) is 0 Å². The molecule has 0 bridgehead atoms. The van der Waals surface area contributed by atoms with Crippen LogP contribution < -0.4 is 4.90 Å². The van der Waals surface area contributed by atoms with Gasteiger partial charge in [0, 0.05) is 31.7 Å². The van der Waals surface area contributed by atoms with Crippen molar-refractivity contribution in [2.24, 2.45) is 5.92 Å². The third-order valence-electron chi connectivity index (χ3n) is 6.29. The minimum Gasteiger partial charge on any atom is -0.456 e. The van der Waals surface area contributed by atoms with Gasteiger partial charge >= 0.3 is 5.97 Å². The largest absolute Gasteiger partial charge is 0.456 e. The second-order valence-electron chi connectivity index (χ2n) is 9.97. The quantitative estimate of drug-likeness (QED) is 0.475. The van der Waals surface area contributed by atoms with Gasteiger partial charge in [0.2, 0.25) is 0 Å². The molecule has 2 aliphatic heterocycles. The van der Waals surface area contributed by atoms with E-state index in [1.165, 1.54) is 5.69 Å². The number of rotatable bonds is 7. The van der Waals surface area contributed by atoms with E-state index < -0.39 is 5.60 Å². The molecule has 1 aromatic heterocycles. The number of benzene rings is 1. The molecule has 172 valence electrons. The lowest BCUT2D eigenvalue weighted by Crippen LogP contribution is -2.42. The van der Waals surface area contributed by atoms with Crippen LogP contribution in [0.2, 0.25) is 0 Å². The highest BCUT2D eigenvalue weighted by Gasteiger charge is 2.41. The molecule has 6 nitrogen and oxygen atoms in total. The number of epoxide rings is 1. The monoisotopic (exact) mass is 437 g/mol. The Bertz CT molecular complexity index is 900. The molecule has 2 unspecified atom stereocenters. The molecular weight excluding hydrogens is 402 g/mol. The average Bonchev–Trinajstić information content (AvgIpc) is 3.60. The Hall–Kier alpha value is -2.44. The normalized spacial score (nSPS) is 20.6. The van der Waals surface area contributed by atoms with Crippen molar-refractivity contribution in [3.05, 3.63) is 59.9 Å². The summed E-state index contributed by atoms with van der Waals surface area (Å²) in [6.45, 7) is 9.51. The van der Waals surface area contributed by atoms with Crippen LogP contribution in [0.5, 0.6) is 0 Å². The molecule has 2 aromatic rings. The number of anilines is 1. The summed E-state index contributed by atoms with van der Waals surface area (Å²) in [5.41, 5.74) is 2.37. The Kier molecular flexibility index (Phi) is 6.82. The summed E-state index contributed by atoms with van der Waals surface area (Å²) < 4.78 is 11.5. The SMILES string of the molecule is CN(CC1CCN(C(c2ccccc2C(=O)OC(C)(C)C)C2CO2)CC1)c1ccncc1. The molecule has 2 atom stereocenters. The molecule has 0 spiro atoms. The highest BCUT2D eigenvalue weighted by molar-refractivity contribution is 5.91. The summed E-state index contributed by atoms with van der Waals surface area (Å²) in [4.78, 5) is 21.9. The van der Waals surface area contributed by atoms with Crippen molar-refractivity contribution in [1.82, 2.24) is 9.88 Å². The minimum absolute atomic E-state index is 0.0950. The molecule has 2 fully saturated rings. The molecule has 4 rings (SSSR count). The first-order valence-corrected chi connectivity index (χ1v) is 11.6. The molecule has 0 aliphatic carbocycles. The van der Waals surface area contributed by atoms with Crippen molar-refractivity contribution >= 4 is 11.7 Å². The Labute approximate surface area is 191 Å². The molecular formula is C26H35N3O3. The van der Waals surface area contributed by atoms with E-state index in [-0.39, 0.29) is 18.1 Å². The number of hydrogen-bond donors (Lipinski definition) is 0. The maximum Gasteiger partial charge on any atom is 0.338 e. The van der Waals surface area contributed by atoms with E-state index in [0.29, 0.717) is 11.5 Å². The molecule has 2 saturated heterocycles. The topological polar surface area (TPSA) is 58.2 Å². The number of nitrogens with zero attached hydrogens (tertiary/aromatic N) is 3. The van der Waals surface area contributed by atoms with Gasteiger partial charge in [0.1, 0.15) is 11.7 Å². The predicted octanol–water partition coefficient (Wildman–Crippen LogP) is 4.33. The number of carbonyl (C=O) groups is 1. The van der Waals surface area contributed by atoms with Crippen molar-refractivity contribution in [3.8, 4) is 0 Å². The Morgan fingerprint density at radius 2 is 1.84 bits per heavy atom. The van der Waals surface area contributed by atoms with E-state index >= 15 is 0 Å². The van der Waals surface area contributed by atoms with Gasteiger partial charge in [-0.3, -0.25) is 9.88 Å². The van der Waals surface area contributed by atoms with Gasteiger partial charge in [-0.1, -0.05) is 18.2 Å². The van der Waals surface area contributed by atoms with Gasteiger partial charge in [-0.15, -0.1) is 0 Å². The van der Waals surface area contributed by atoms with Crippen LogP contribution in [0.15, 0.2) is 48.8 Å². The molecule has 0 saturated carbocycles. The maximum absolute atomic E-state index is 12.9. The van der Waals surface area contributed by atoms with Crippen molar-refractivity contribution in [3.63, 3.8) is 0 Å². The van der Waals surface area contributed by atoms with E-state index in [4.69, 9.17) is 9.47 Å². The lowest BCUT2D eigenvalue weighted by Gasteiger charge is -2.39. The Morgan fingerprint density at radius 1 is 1.19 bits per heavy atom. The molecule has 2 aliphatic rings. The van der Waals surface area contributed by atoms with Crippen LogP contribution in [-0.2, 0) is 9.47 Å². The van der Waals surface area contributed by atoms with E-state index in [9.17, 15) is 4.79 Å². The van der Waals surface area contributed by atoms with E-state index in [0.717, 1.165) is 44.6 Å². The molecule has 0 N–H and O–H groups in total. The third-order valence-corrected chi connectivity index (χ3v) is 6.29. The summed E-state index contributed by atoms with van der Waals surface area (Å²) in [6.07, 6.45) is 6.10. The smallest absolute Gasteiger partial charge is 0.338 e. The number of ether oxygens (including phenoxy) is 2. The van der Waals surface area contributed by atoms with E-state index in [1.54, 1.807) is 0 Å². The van der Waals surface area contributed by atoms with Crippen molar-refractivity contribution in [2.45, 2.75) is 51.4 Å². The molecule has 1 aromatic carbocycles. The van der Waals surface area contributed by atoms with Crippen LogP contribution >= 0.6 is 0 Å². The zero-order chi connectivity index (χ0) is 22.7. The summed E-state index contributed by atoms with van der Waals surface area (Å²) in [5.74, 6) is 0.388. The highest BCUT2D eigenvalue weighted by atomic mass is 16.6. The maximum atomic E-state index is 12.9. The molecule has 0 amide bonds. The molecule has 6 heteroatoms. The lowest BCUT2D eigenvalue weighted by molar-refractivity contribution is 0.00645. The van der Waals surface area contributed by atoms with Gasteiger partial charge in [0.25, 0.3) is 0 Å². The van der Waals surface area contributed by atoms with Gasteiger partial charge in [0.05, 0.1) is 18.2 Å². The minimum atomic E-state index is -0.519. The van der Waals surface area contributed by atoms with Crippen LogP contribution in [0.1, 0.15) is 55.6 Å². The summed E-state index contributed by atoms with van der Waals surface area (Å²) >= 11 is 0. The van der Waals surface area contributed by atoms with Gasteiger partial charge in [-0.2, -0.15) is 0 Å². The highest BCUT2D eigenvalue weighted by Crippen LogP contribution is 2.38. The fourth-order valence-corrected chi connectivity index (χ4v) is 4.65. The predicted molar refractivity (Wildman–Crippen MR) is 126 cm³/mol. The fourth-order valence-electron chi connectivity index (χ4n) is 4.65. The first-order chi connectivity index (χ1) is 15.3. The molecule has 3 heterocycles. The van der Waals surface area contributed by atoms with Crippen LogP contribution in [0.3, 0.4) is 0 Å². The van der Waals surface area contributed by atoms with Crippen LogP contribution in [0.25, 0.3) is 0 Å². The zero-order valence-electron chi connectivity index (χ0n) is 19.7. The number of aromatic nitrogens is 1. The number of likely N-dealkylation sites (tertiary alicyclic amines) is 1. The molecule has 0 radical (unpaired) electrons. The fraction of sp³-hybridized carbons (Fsp3) is 0.538. The standard InChI is InChI=1S/C26H35N3O3/c1-26(2,3)32-25(30)22-8-6-5-7-21(22)24(23-18-31-23)29-15-11-19(12-16-29)17-28(4)20-9-13-27-14-10-20/h5-10,13-14,19,23-24H,11-12,15-18H2,1-4H3. The van der Waals surface area contributed by atoms with Crippen LogP contribution in [-0.4, -0.2) is 60.8 Å². The molecule has 32 heavy (non-hydrogen) atoms. The first-order valence-electron chi connectivity index (χ1n) is 11.6. The zero-order valence-corrected chi connectivity index (χ0v) is 19.7. The summed E-state index contributed by atoms with van der Waals surface area (Å²) in [6, 6.07) is 12.1. The number of pyridine rings is 1. The Balaban J connectivity index is 1.44. The summed E-state index contributed by atoms with van der Waals surface area (Å²) in [7, 11) is 2.15. The average molecular weight is 438 g/mol. The van der Waals surface area contributed by atoms with Crippen molar-refractivity contribution in [1.29, 1.82) is 0 Å². The van der Waals surface area contributed by atoms with Crippen LogP contribution in [0.4, 0.5) is 5.69 Å². The van der Waals surface area contributed by atoms with E-state index in [2.05, 4.69) is 40.0 Å². The van der Waals surface area contributed by atoms with Crippen molar-refractivity contribution in [2.75, 3.05) is 38.2 Å². The van der Waals surface area contributed by atoms with E-state index in [1.807, 2.05) is 51.4 Å². The lowest BCUT2D eigenvalue weighted by atomic mass is 9.91. The number of piperidine rings is 1. The number of hydrogen-bond acceptors (Lipinski definition) is 6.